The molecule has 2 aromatic carbocycles. The quantitative estimate of drug-likeness (QED) is 0.454. The molecule has 128 valence electrons. The third kappa shape index (κ3) is 4.37. The molecule has 1 aromatic heterocycles. The molecule has 1 heterocycles. The lowest BCUT2D eigenvalue weighted by atomic mass is 10.0. The van der Waals surface area contributed by atoms with Crippen LogP contribution in [0.1, 0.15) is 41.3 Å². The molecule has 0 atom stereocenters. The van der Waals surface area contributed by atoms with Gasteiger partial charge in [0.1, 0.15) is 0 Å². The van der Waals surface area contributed by atoms with E-state index in [9.17, 15) is 4.79 Å². The van der Waals surface area contributed by atoms with Gasteiger partial charge in [-0.25, -0.2) is 0 Å². The Kier molecular flexibility index (Phi) is 5.34. The van der Waals surface area contributed by atoms with Crippen molar-refractivity contribution in [2.24, 2.45) is 0 Å². The number of ketones is 1. The van der Waals surface area contributed by atoms with Gasteiger partial charge < -0.3 is 4.42 Å². The summed E-state index contributed by atoms with van der Waals surface area (Å²) in [6.07, 6.45) is 0. The number of thioether (sulfide) groups is 1. The van der Waals surface area contributed by atoms with E-state index in [1.54, 1.807) is 0 Å². The highest BCUT2D eigenvalue weighted by atomic mass is 32.2. The van der Waals surface area contributed by atoms with E-state index in [1.807, 2.05) is 55.5 Å². The number of hydrogen-bond acceptors (Lipinski definition) is 5. The molecule has 0 radical (unpaired) electrons. The molecule has 4 nitrogen and oxygen atoms in total. The molecule has 0 aliphatic heterocycles. The van der Waals surface area contributed by atoms with Gasteiger partial charge in [-0.3, -0.25) is 4.79 Å². The van der Waals surface area contributed by atoms with E-state index < -0.39 is 0 Å². The van der Waals surface area contributed by atoms with E-state index in [0.717, 1.165) is 11.1 Å². The SMILES string of the molecule is Cc1cccc(-c2nnc(SCC(=O)c3ccc(C(C)C)cc3)o2)c1. The number of carbonyl (C=O) groups is 1. The van der Waals surface area contributed by atoms with Gasteiger partial charge in [-0.1, -0.05) is 67.6 Å². The lowest BCUT2D eigenvalue weighted by Gasteiger charge is -2.05. The zero-order chi connectivity index (χ0) is 17.8. The lowest BCUT2D eigenvalue weighted by molar-refractivity contribution is 0.102. The molecule has 0 aliphatic rings. The van der Waals surface area contributed by atoms with E-state index in [0.29, 0.717) is 22.6 Å². The highest BCUT2D eigenvalue weighted by molar-refractivity contribution is 7.99. The highest BCUT2D eigenvalue weighted by Gasteiger charge is 2.13. The zero-order valence-corrected chi connectivity index (χ0v) is 15.3. The second-order valence-corrected chi connectivity index (χ2v) is 7.16. The average Bonchev–Trinajstić information content (AvgIpc) is 3.09. The van der Waals surface area contributed by atoms with Crippen molar-refractivity contribution in [2.75, 3.05) is 5.75 Å². The van der Waals surface area contributed by atoms with Crippen molar-refractivity contribution in [2.45, 2.75) is 31.9 Å². The smallest absolute Gasteiger partial charge is 0.277 e. The van der Waals surface area contributed by atoms with Crippen molar-refractivity contribution < 1.29 is 9.21 Å². The first-order chi connectivity index (χ1) is 12.0. The van der Waals surface area contributed by atoms with Crippen LogP contribution in [0.15, 0.2) is 58.2 Å². The summed E-state index contributed by atoms with van der Waals surface area (Å²) in [5.74, 6) is 1.25. The molecule has 25 heavy (non-hydrogen) atoms. The van der Waals surface area contributed by atoms with Crippen LogP contribution in [-0.4, -0.2) is 21.7 Å². The molecule has 3 aromatic rings. The largest absolute Gasteiger partial charge is 0.411 e. The van der Waals surface area contributed by atoms with E-state index >= 15 is 0 Å². The standard InChI is InChI=1S/C20H20N2O2S/c1-13(2)15-7-9-16(10-8-15)18(23)12-25-20-22-21-19(24-20)17-6-4-5-14(3)11-17/h4-11,13H,12H2,1-3H3. The number of benzene rings is 2. The molecule has 0 fully saturated rings. The Balaban J connectivity index is 1.63. The lowest BCUT2D eigenvalue weighted by Crippen LogP contribution is -2.02. The second kappa shape index (κ2) is 7.66. The van der Waals surface area contributed by atoms with Gasteiger partial charge >= 0.3 is 0 Å². The normalized spacial score (nSPS) is 11.0. The minimum absolute atomic E-state index is 0.0515. The molecule has 0 amide bonds. The summed E-state index contributed by atoms with van der Waals surface area (Å²) < 4.78 is 5.65. The van der Waals surface area contributed by atoms with Gasteiger partial charge in [0.25, 0.3) is 5.22 Å². The molecule has 0 bridgehead atoms. The van der Waals surface area contributed by atoms with Crippen molar-refractivity contribution in [1.82, 2.24) is 10.2 Å². The highest BCUT2D eigenvalue weighted by Crippen LogP contribution is 2.24. The fraction of sp³-hybridized carbons (Fsp3) is 0.250. The first-order valence-corrected chi connectivity index (χ1v) is 9.18. The maximum Gasteiger partial charge on any atom is 0.277 e. The van der Waals surface area contributed by atoms with E-state index in [4.69, 9.17) is 4.42 Å². The monoisotopic (exact) mass is 352 g/mol. The fourth-order valence-corrected chi connectivity index (χ4v) is 3.09. The molecule has 0 aliphatic carbocycles. The van der Waals surface area contributed by atoms with Gasteiger partial charge in [0, 0.05) is 11.1 Å². The van der Waals surface area contributed by atoms with Gasteiger partial charge in [0.05, 0.1) is 5.75 Å². The van der Waals surface area contributed by atoms with Crippen LogP contribution in [0, 0.1) is 6.92 Å². The van der Waals surface area contributed by atoms with Crippen molar-refractivity contribution in [3.63, 3.8) is 0 Å². The average molecular weight is 352 g/mol. The summed E-state index contributed by atoms with van der Waals surface area (Å²) in [6.45, 7) is 6.28. The first kappa shape index (κ1) is 17.4. The molecule has 3 rings (SSSR count). The summed E-state index contributed by atoms with van der Waals surface area (Å²) in [6, 6.07) is 15.6. The molecule has 0 saturated carbocycles. The number of nitrogens with zero attached hydrogens (tertiary/aromatic N) is 2. The maximum absolute atomic E-state index is 12.3. The summed E-state index contributed by atoms with van der Waals surface area (Å²) in [4.78, 5) is 12.3. The van der Waals surface area contributed by atoms with E-state index in [2.05, 4.69) is 24.0 Å². The summed E-state index contributed by atoms with van der Waals surface area (Å²) in [7, 11) is 0. The Bertz CT molecular complexity index is 869. The predicted molar refractivity (Wildman–Crippen MR) is 100 cm³/mol. The third-order valence-electron chi connectivity index (χ3n) is 3.90. The Hall–Kier alpha value is -2.40. The molecular formula is C20H20N2O2S. The minimum Gasteiger partial charge on any atom is -0.411 e. The van der Waals surface area contributed by atoms with E-state index in [1.165, 1.54) is 17.3 Å². The van der Waals surface area contributed by atoms with E-state index in [-0.39, 0.29) is 11.5 Å². The number of carbonyl (C=O) groups excluding carboxylic acids is 1. The van der Waals surface area contributed by atoms with Gasteiger partial charge in [0.15, 0.2) is 5.78 Å². The predicted octanol–water partition coefficient (Wildman–Crippen LogP) is 5.14. The molecule has 0 unspecified atom stereocenters. The molecular weight excluding hydrogens is 332 g/mol. The molecule has 0 spiro atoms. The third-order valence-corrected chi connectivity index (χ3v) is 4.72. The maximum atomic E-state index is 12.3. The summed E-state index contributed by atoms with van der Waals surface area (Å²) in [5, 5.41) is 8.49. The van der Waals surface area contributed by atoms with Gasteiger partial charge in [-0.15, -0.1) is 10.2 Å². The van der Waals surface area contributed by atoms with Crippen LogP contribution in [0.25, 0.3) is 11.5 Å². The fourth-order valence-electron chi connectivity index (χ4n) is 2.43. The van der Waals surface area contributed by atoms with Gasteiger partial charge in [0.2, 0.25) is 5.89 Å². The van der Waals surface area contributed by atoms with Crippen molar-refractivity contribution in [3.05, 3.63) is 65.2 Å². The number of hydrogen-bond donors (Lipinski definition) is 0. The van der Waals surface area contributed by atoms with Crippen LogP contribution in [0.4, 0.5) is 0 Å². The van der Waals surface area contributed by atoms with Crippen molar-refractivity contribution >= 4 is 17.5 Å². The molecule has 0 N–H and O–H groups in total. The number of Topliss-reactive ketones (excluding diaryl/α,β-unsaturated/α-hetero) is 1. The van der Waals surface area contributed by atoms with Crippen molar-refractivity contribution in [3.8, 4) is 11.5 Å². The Morgan fingerprint density at radius 1 is 1.12 bits per heavy atom. The number of aromatic nitrogens is 2. The van der Waals surface area contributed by atoms with Crippen LogP contribution in [0.2, 0.25) is 0 Å². The van der Waals surface area contributed by atoms with Crippen LogP contribution in [0.5, 0.6) is 0 Å². The second-order valence-electron chi connectivity index (χ2n) is 6.23. The number of aryl methyl sites for hydroxylation is 1. The van der Waals surface area contributed by atoms with Gasteiger partial charge in [-0.2, -0.15) is 0 Å². The van der Waals surface area contributed by atoms with Crippen LogP contribution in [0.3, 0.4) is 0 Å². The van der Waals surface area contributed by atoms with Gasteiger partial charge in [-0.05, 0) is 30.5 Å². The van der Waals surface area contributed by atoms with Crippen LogP contribution < -0.4 is 0 Å². The van der Waals surface area contributed by atoms with Crippen LogP contribution in [-0.2, 0) is 0 Å². The Morgan fingerprint density at radius 3 is 2.56 bits per heavy atom. The van der Waals surface area contributed by atoms with Crippen LogP contribution >= 0.6 is 11.8 Å². The Morgan fingerprint density at radius 2 is 1.88 bits per heavy atom. The summed E-state index contributed by atoms with van der Waals surface area (Å²) in [5.41, 5.74) is 3.94. The Labute approximate surface area is 151 Å². The first-order valence-electron chi connectivity index (χ1n) is 8.19. The number of rotatable bonds is 6. The molecule has 5 heteroatoms. The molecule has 0 saturated heterocycles. The summed E-state index contributed by atoms with van der Waals surface area (Å²) >= 11 is 1.26. The topological polar surface area (TPSA) is 56.0 Å². The minimum atomic E-state index is 0.0515. The zero-order valence-electron chi connectivity index (χ0n) is 14.5. The van der Waals surface area contributed by atoms with Crippen molar-refractivity contribution in [1.29, 1.82) is 0 Å².